The maximum absolute atomic E-state index is 12.5. The van der Waals surface area contributed by atoms with Gasteiger partial charge in [-0.25, -0.2) is 4.79 Å². The number of anilines is 1. The van der Waals surface area contributed by atoms with Gasteiger partial charge in [-0.3, -0.25) is 14.9 Å². The molecule has 0 bridgehead atoms. The Morgan fingerprint density at radius 3 is 2.92 bits per heavy atom. The molecule has 1 N–H and O–H groups in total. The molecule has 1 saturated heterocycles. The van der Waals surface area contributed by atoms with Gasteiger partial charge in [0, 0.05) is 43.2 Å². The number of aliphatic imine (C=N–C) groups is 1. The van der Waals surface area contributed by atoms with Crippen molar-refractivity contribution in [1.82, 2.24) is 10.2 Å². The molecule has 3 aliphatic rings. The first kappa shape index (κ1) is 16.1. The van der Waals surface area contributed by atoms with Crippen molar-refractivity contribution in [2.45, 2.75) is 25.3 Å². The Bertz CT molecular complexity index is 807. The summed E-state index contributed by atoms with van der Waals surface area (Å²) < 4.78 is 0. The van der Waals surface area contributed by atoms with Crippen molar-refractivity contribution in [2.75, 3.05) is 24.5 Å². The van der Waals surface area contributed by atoms with E-state index in [0.717, 1.165) is 18.0 Å². The number of amides is 4. The second-order valence-corrected chi connectivity index (χ2v) is 6.92. The lowest BCUT2D eigenvalue weighted by Crippen LogP contribution is -2.53. The fourth-order valence-electron chi connectivity index (χ4n) is 3.73. The number of piperazine rings is 1. The average molecular weight is 361 g/mol. The number of carbonyl (C=O) groups is 3. The highest BCUT2D eigenvalue weighted by molar-refractivity contribution is 6.46. The summed E-state index contributed by atoms with van der Waals surface area (Å²) in [6, 6.07) is 5.55. The number of halogens is 1. The fourth-order valence-corrected chi connectivity index (χ4v) is 3.89. The quantitative estimate of drug-likeness (QED) is 0.883. The first-order chi connectivity index (χ1) is 12.0. The van der Waals surface area contributed by atoms with E-state index >= 15 is 0 Å². The molecule has 0 spiro atoms. The van der Waals surface area contributed by atoms with Crippen LogP contribution in [0.4, 0.5) is 10.5 Å². The highest BCUT2D eigenvalue weighted by Crippen LogP contribution is 2.36. The van der Waals surface area contributed by atoms with E-state index in [1.54, 1.807) is 0 Å². The number of hydrogen-bond donors (Lipinski definition) is 1. The van der Waals surface area contributed by atoms with Crippen LogP contribution in [-0.2, 0) is 16.0 Å². The third kappa shape index (κ3) is 3.00. The minimum absolute atomic E-state index is 0.0107. The van der Waals surface area contributed by atoms with Crippen LogP contribution in [0.2, 0.25) is 5.02 Å². The first-order valence-electron chi connectivity index (χ1n) is 8.27. The lowest BCUT2D eigenvalue weighted by molar-refractivity contribution is -0.131. The molecule has 1 unspecified atom stereocenters. The maximum Gasteiger partial charge on any atom is 0.348 e. The van der Waals surface area contributed by atoms with E-state index in [9.17, 15) is 14.4 Å². The van der Waals surface area contributed by atoms with Gasteiger partial charge in [-0.1, -0.05) is 17.7 Å². The van der Waals surface area contributed by atoms with Gasteiger partial charge in [0.15, 0.2) is 0 Å². The SMILES string of the molecule is O=C1N=C(CCC(=O)N2CCN3c4cc(Cl)ccc4CC3C2)C(=O)N1. The van der Waals surface area contributed by atoms with Crippen LogP contribution in [-0.4, -0.2) is 54.1 Å². The second kappa shape index (κ2) is 6.15. The van der Waals surface area contributed by atoms with E-state index in [1.807, 2.05) is 17.0 Å². The van der Waals surface area contributed by atoms with Gasteiger partial charge >= 0.3 is 6.03 Å². The molecule has 25 heavy (non-hydrogen) atoms. The van der Waals surface area contributed by atoms with E-state index in [2.05, 4.69) is 21.3 Å². The predicted octanol–water partition coefficient (Wildman–Crippen LogP) is 1.38. The molecule has 130 valence electrons. The molecule has 1 atom stereocenters. The smallest absolute Gasteiger partial charge is 0.348 e. The summed E-state index contributed by atoms with van der Waals surface area (Å²) in [6.07, 6.45) is 1.28. The van der Waals surface area contributed by atoms with Crippen LogP contribution in [0.3, 0.4) is 0 Å². The zero-order chi connectivity index (χ0) is 17.6. The summed E-state index contributed by atoms with van der Waals surface area (Å²) in [7, 11) is 0. The minimum Gasteiger partial charge on any atom is -0.364 e. The topological polar surface area (TPSA) is 82.1 Å². The Morgan fingerprint density at radius 1 is 1.32 bits per heavy atom. The van der Waals surface area contributed by atoms with E-state index in [0.29, 0.717) is 13.1 Å². The van der Waals surface area contributed by atoms with Crippen LogP contribution in [0.5, 0.6) is 0 Å². The van der Waals surface area contributed by atoms with Gasteiger partial charge in [0.1, 0.15) is 5.71 Å². The number of nitrogens with one attached hydrogen (secondary N) is 1. The van der Waals surface area contributed by atoms with E-state index < -0.39 is 11.9 Å². The van der Waals surface area contributed by atoms with E-state index in [1.165, 1.54) is 11.3 Å². The molecule has 1 aromatic rings. The van der Waals surface area contributed by atoms with Crippen LogP contribution in [0.1, 0.15) is 18.4 Å². The Hall–Kier alpha value is -2.41. The lowest BCUT2D eigenvalue weighted by atomic mass is 10.1. The molecular formula is C17H17ClN4O3. The molecule has 4 amide bonds. The molecule has 3 heterocycles. The first-order valence-corrected chi connectivity index (χ1v) is 8.65. The summed E-state index contributed by atoms with van der Waals surface area (Å²) in [5.41, 5.74) is 2.57. The summed E-state index contributed by atoms with van der Waals surface area (Å²) in [5.74, 6) is -0.505. The molecule has 1 fully saturated rings. The normalized spacial score (nSPS) is 21.8. The van der Waals surface area contributed by atoms with Crippen molar-refractivity contribution in [2.24, 2.45) is 4.99 Å². The van der Waals surface area contributed by atoms with Gasteiger partial charge in [-0.15, -0.1) is 0 Å². The van der Waals surface area contributed by atoms with E-state index in [4.69, 9.17) is 11.6 Å². The highest BCUT2D eigenvalue weighted by Gasteiger charge is 2.35. The predicted molar refractivity (Wildman–Crippen MR) is 93.1 cm³/mol. The summed E-state index contributed by atoms with van der Waals surface area (Å²) >= 11 is 6.10. The number of urea groups is 1. The third-order valence-electron chi connectivity index (χ3n) is 4.94. The Balaban J connectivity index is 1.37. The fraction of sp³-hybridized carbons (Fsp3) is 0.412. The van der Waals surface area contributed by atoms with Crippen molar-refractivity contribution in [3.8, 4) is 0 Å². The summed E-state index contributed by atoms with van der Waals surface area (Å²) in [4.78, 5) is 42.7. The van der Waals surface area contributed by atoms with Crippen molar-refractivity contribution in [1.29, 1.82) is 0 Å². The molecule has 0 aliphatic carbocycles. The zero-order valence-corrected chi connectivity index (χ0v) is 14.3. The average Bonchev–Trinajstić information content (AvgIpc) is 3.10. The van der Waals surface area contributed by atoms with Gasteiger partial charge in [-0.05, 0) is 24.1 Å². The van der Waals surface area contributed by atoms with Gasteiger partial charge < -0.3 is 9.80 Å². The minimum atomic E-state index is -0.650. The monoisotopic (exact) mass is 360 g/mol. The molecule has 7 nitrogen and oxygen atoms in total. The summed E-state index contributed by atoms with van der Waals surface area (Å²) in [5, 5.41) is 2.82. The van der Waals surface area contributed by atoms with Crippen molar-refractivity contribution in [3.63, 3.8) is 0 Å². The largest absolute Gasteiger partial charge is 0.364 e. The van der Waals surface area contributed by atoms with Crippen LogP contribution in [0.15, 0.2) is 23.2 Å². The van der Waals surface area contributed by atoms with Gasteiger partial charge in [0.05, 0.1) is 6.04 Å². The van der Waals surface area contributed by atoms with Crippen LogP contribution in [0.25, 0.3) is 0 Å². The number of fused-ring (bicyclic) bond motifs is 3. The van der Waals surface area contributed by atoms with Crippen LogP contribution in [0, 0.1) is 0 Å². The number of rotatable bonds is 3. The molecule has 3 aliphatic heterocycles. The number of carbonyl (C=O) groups excluding carboxylic acids is 3. The number of benzene rings is 1. The van der Waals surface area contributed by atoms with Gasteiger partial charge in [-0.2, -0.15) is 4.99 Å². The molecule has 1 aromatic carbocycles. The molecule has 8 heteroatoms. The second-order valence-electron chi connectivity index (χ2n) is 6.48. The molecular weight excluding hydrogens is 344 g/mol. The number of hydrogen-bond acceptors (Lipinski definition) is 4. The van der Waals surface area contributed by atoms with Crippen molar-refractivity contribution in [3.05, 3.63) is 28.8 Å². The molecule has 0 saturated carbocycles. The maximum atomic E-state index is 12.5. The third-order valence-corrected chi connectivity index (χ3v) is 5.18. The van der Waals surface area contributed by atoms with Crippen molar-refractivity contribution < 1.29 is 14.4 Å². The van der Waals surface area contributed by atoms with Crippen LogP contribution >= 0.6 is 11.6 Å². The number of nitrogens with zero attached hydrogens (tertiary/aromatic N) is 3. The molecule has 0 radical (unpaired) electrons. The summed E-state index contributed by atoms with van der Waals surface area (Å²) in [6.45, 7) is 2.06. The Kier molecular flexibility index (Phi) is 3.95. The van der Waals surface area contributed by atoms with Gasteiger partial charge in [0.25, 0.3) is 5.91 Å². The molecule has 0 aromatic heterocycles. The Morgan fingerprint density at radius 2 is 2.16 bits per heavy atom. The molecule has 4 rings (SSSR count). The number of imide groups is 1. The van der Waals surface area contributed by atoms with Gasteiger partial charge in [0.2, 0.25) is 5.91 Å². The van der Waals surface area contributed by atoms with E-state index in [-0.39, 0.29) is 30.5 Å². The lowest BCUT2D eigenvalue weighted by Gasteiger charge is -2.39. The van der Waals surface area contributed by atoms with Crippen molar-refractivity contribution >= 4 is 40.8 Å². The highest BCUT2D eigenvalue weighted by atomic mass is 35.5. The zero-order valence-electron chi connectivity index (χ0n) is 13.5. The standard InChI is InChI=1S/C17H17ClN4O3/c18-11-2-1-10-7-12-9-21(5-6-22(12)14(10)8-11)15(23)4-3-13-16(24)20-17(25)19-13/h1-2,8,12H,3-7,9H2,(H,20,24,25). The van der Waals surface area contributed by atoms with Crippen LogP contribution < -0.4 is 10.2 Å². The Labute approximate surface area is 149 Å².